The van der Waals surface area contributed by atoms with Crippen LogP contribution in [0.4, 0.5) is 0 Å². The number of hydrogen-bond acceptors (Lipinski definition) is 6. The highest BCUT2D eigenvalue weighted by atomic mass is 32.2. The van der Waals surface area contributed by atoms with E-state index in [1.54, 1.807) is 12.1 Å². The summed E-state index contributed by atoms with van der Waals surface area (Å²) in [6.45, 7) is 3.12. The highest BCUT2D eigenvalue weighted by Gasteiger charge is 2.57. The quantitative estimate of drug-likeness (QED) is 0.634. The van der Waals surface area contributed by atoms with Crippen molar-refractivity contribution in [3.8, 4) is 0 Å². The van der Waals surface area contributed by atoms with E-state index in [0.717, 1.165) is 5.56 Å². The minimum atomic E-state index is -3.99. The van der Waals surface area contributed by atoms with Gasteiger partial charge in [0.2, 0.25) is 5.91 Å². The van der Waals surface area contributed by atoms with Gasteiger partial charge in [-0.1, -0.05) is 17.7 Å². The Labute approximate surface area is 134 Å². The van der Waals surface area contributed by atoms with Crippen LogP contribution in [0.25, 0.3) is 0 Å². The molecule has 124 valence electrons. The summed E-state index contributed by atoms with van der Waals surface area (Å²) in [5.74, 6) is -1.39. The van der Waals surface area contributed by atoms with Gasteiger partial charge in [-0.25, -0.2) is 0 Å². The minimum absolute atomic E-state index is 0.0332. The van der Waals surface area contributed by atoms with Crippen LogP contribution in [-0.4, -0.2) is 38.5 Å². The molecule has 0 radical (unpaired) electrons. The molecule has 0 unspecified atom stereocenters. The van der Waals surface area contributed by atoms with Crippen LogP contribution in [0.1, 0.15) is 18.9 Å². The molecular formula is C15H17NO6S. The summed E-state index contributed by atoms with van der Waals surface area (Å²) in [5.41, 5.74) is 0.927. The first-order valence-corrected chi connectivity index (χ1v) is 8.66. The molecule has 2 aliphatic rings. The second-order valence-electron chi connectivity index (χ2n) is 5.85. The zero-order valence-electron chi connectivity index (χ0n) is 12.7. The highest BCUT2D eigenvalue weighted by molar-refractivity contribution is 7.86. The Kier molecular flexibility index (Phi) is 3.89. The molecule has 1 aromatic carbocycles. The summed E-state index contributed by atoms with van der Waals surface area (Å²) >= 11 is 0. The second kappa shape index (κ2) is 5.61. The molecule has 23 heavy (non-hydrogen) atoms. The number of ether oxygens (including phenoxy) is 1. The van der Waals surface area contributed by atoms with Gasteiger partial charge in [-0.3, -0.25) is 13.8 Å². The smallest absolute Gasteiger partial charge is 0.302 e. The molecule has 3 rings (SSSR count). The van der Waals surface area contributed by atoms with Crippen molar-refractivity contribution in [2.24, 2.45) is 5.92 Å². The first-order chi connectivity index (χ1) is 10.8. The Balaban J connectivity index is 1.80. The first kappa shape index (κ1) is 15.9. The average molecular weight is 339 g/mol. The van der Waals surface area contributed by atoms with Crippen molar-refractivity contribution in [1.82, 2.24) is 5.32 Å². The molecule has 2 fully saturated rings. The van der Waals surface area contributed by atoms with Crippen LogP contribution in [0.5, 0.6) is 0 Å². The largest absolute Gasteiger partial charge is 0.460 e. The maximum absolute atomic E-state index is 12.4. The number of amides is 1. The Hall–Kier alpha value is -1.93. The number of aryl methyl sites for hydroxylation is 1. The third-order valence-corrected chi connectivity index (χ3v) is 5.47. The number of hydrogen-bond donors (Lipinski definition) is 1. The van der Waals surface area contributed by atoms with Gasteiger partial charge < -0.3 is 10.1 Å². The molecule has 1 saturated carbocycles. The summed E-state index contributed by atoms with van der Waals surface area (Å²) in [6, 6.07) is 5.62. The van der Waals surface area contributed by atoms with Gasteiger partial charge in [0.1, 0.15) is 12.2 Å². The molecule has 1 aromatic rings. The van der Waals surface area contributed by atoms with Gasteiger partial charge in [0.25, 0.3) is 10.1 Å². The van der Waals surface area contributed by atoms with Crippen molar-refractivity contribution < 1.29 is 26.9 Å². The van der Waals surface area contributed by atoms with Crippen molar-refractivity contribution in [1.29, 1.82) is 0 Å². The van der Waals surface area contributed by atoms with Crippen LogP contribution < -0.4 is 5.32 Å². The zero-order valence-corrected chi connectivity index (χ0v) is 13.5. The lowest BCUT2D eigenvalue weighted by Gasteiger charge is -2.22. The third-order valence-electron chi connectivity index (χ3n) is 4.15. The molecule has 1 saturated heterocycles. The van der Waals surface area contributed by atoms with Crippen molar-refractivity contribution in [2.75, 3.05) is 0 Å². The summed E-state index contributed by atoms with van der Waals surface area (Å²) in [4.78, 5) is 23.0. The molecule has 4 atom stereocenters. The second-order valence-corrected chi connectivity index (χ2v) is 7.42. The predicted octanol–water partition coefficient (Wildman–Crippen LogP) is 0.519. The van der Waals surface area contributed by atoms with Gasteiger partial charge in [-0.2, -0.15) is 8.42 Å². The van der Waals surface area contributed by atoms with Crippen molar-refractivity contribution in [3.63, 3.8) is 0 Å². The Bertz CT molecular complexity index is 742. The number of nitrogens with one attached hydrogen (secondary N) is 1. The van der Waals surface area contributed by atoms with E-state index in [4.69, 9.17) is 8.92 Å². The monoisotopic (exact) mass is 339 g/mol. The maximum Gasteiger partial charge on any atom is 0.302 e. The molecule has 1 aliphatic carbocycles. The van der Waals surface area contributed by atoms with Gasteiger partial charge in [0.15, 0.2) is 0 Å². The maximum atomic E-state index is 12.4. The molecule has 2 bridgehead atoms. The molecule has 1 aliphatic heterocycles. The summed E-state index contributed by atoms with van der Waals surface area (Å²) < 4.78 is 35.2. The van der Waals surface area contributed by atoms with Gasteiger partial charge >= 0.3 is 5.97 Å². The third kappa shape index (κ3) is 2.96. The molecule has 8 heteroatoms. The Morgan fingerprint density at radius 2 is 1.91 bits per heavy atom. The summed E-state index contributed by atoms with van der Waals surface area (Å²) in [5, 5.41) is 2.64. The molecular weight excluding hydrogens is 322 g/mol. The highest BCUT2D eigenvalue weighted by Crippen LogP contribution is 2.38. The van der Waals surface area contributed by atoms with Gasteiger partial charge in [-0.05, 0) is 19.1 Å². The molecule has 1 N–H and O–H groups in total. The lowest BCUT2D eigenvalue weighted by molar-refractivity contribution is -0.149. The molecule has 1 heterocycles. The van der Waals surface area contributed by atoms with Crippen LogP contribution in [0.2, 0.25) is 0 Å². The molecule has 1 amide bonds. The Morgan fingerprint density at radius 1 is 1.26 bits per heavy atom. The number of fused-ring (bicyclic) bond motifs is 2. The summed E-state index contributed by atoms with van der Waals surface area (Å²) in [7, 11) is -3.99. The van der Waals surface area contributed by atoms with E-state index in [0.29, 0.717) is 0 Å². The van der Waals surface area contributed by atoms with Gasteiger partial charge in [-0.15, -0.1) is 0 Å². The first-order valence-electron chi connectivity index (χ1n) is 7.25. The lowest BCUT2D eigenvalue weighted by Crippen LogP contribution is -2.44. The van der Waals surface area contributed by atoms with E-state index in [1.807, 2.05) is 6.92 Å². The topological polar surface area (TPSA) is 98.8 Å². The van der Waals surface area contributed by atoms with E-state index in [9.17, 15) is 18.0 Å². The standard InChI is InChI=1S/C15H17NO6S/c1-8-3-5-10(6-4-8)23(19,20)22-14-11-7-12(21-9(2)17)13(14)16-15(11)18/h3-6,11-14H,7H2,1-2H3,(H,16,18)/t11-,12-,13+,14+/m0/s1. The van der Waals surface area contributed by atoms with E-state index >= 15 is 0 Å². The van der Waals surface area contributed by atoms with E-state index in [1.165, 1.54) is 19.1 Å². The van der Waals surface area contributed by atoms with Crippen LogP contribution >= 0.6 is 0 Å². The fraction of sp³-hybridized carbons (Fsp3) is 0.467. The number of rotatable bonds is 4. The van der Waals surface area contributed by atoms with Crippen molar-refractivity contribution in [3.05, 3.63) is 29.8 Å². The SMILES string of the molecule is CC(=O)O[C@H]1C[C@@H]2C(=O)N[C@H]1[C@@H]2OS(=O)(=O)c1ccc(C)cc1. The molecule has 0 spiro atoms. The van der Waals surface area contributed by atoms with Gasteiger partial charge in [0, 0.05) is 13.3 Å². The lowest BCUT2D eigenvalue weighted by atomic mass is 10.1. The normalized spacial score (nSPS) is 29.4. The van der Waals surface area contributed by atoms with Crippen LogP contribution in [0.15, 0.2) is 29.2 Å². The number of carbonyl (C=O) groups excluding carboxylic acids is 2. The van der Waals surface area contributed by atoms with E-state index < -0.39 is 40.3 Å². The van der Waals surface area contributed by atoms with Crippen molar-refractivity contribution >= 4 is 22.0 Å². The van der Waals surface area contributed by atoms with Crippen molar-refractivity contribution in [2.45, 2.75) is 43.4 Å². The predicted molar refractivity (Wildman–Crippen MR) is 78.8 cm³/mol. The number of benzene rings is 1. The summed E-state index contributed by atoms with van der Waals surface area (Å²) in [6.07, 6.45) is -1.16. The average Bonchev–Trinajstić information content (AvgIpc) is 2.91. The number of esters is 1. The fourth-order valence-corrected chi connectivity index (χ4v) is 4.19. The van der Waals surface area contributed by atoms with Crippen LogP contribution in [-0.2, 0) is 28.6 Å². The van der Waals surface area contributed by atoms with Crippen LogP contribution in [0, 0.1) is 12.8 Å². The zero-order chi connectivity index (χ0) is 16.8. The molecule has 7 nitrogen and oxygen atoms in total. The fourth-order valence-electron chi connectivity index (χ4n) is 3.06. The minimum Gasteiger partial charge on any atom is -0.460 e. The van der Waals surface area contributed by atoms with Gasteiger partial charge in [0.05, 0.1) is 16.9 Å². The molecule has 0 aromatic heterocycles. The van der Waals surface area contributed by atoms with E-state index in [-0.39, 0.29) is 17.2 Å². The number of carbonyl (C=O) groups is 2. The van der Waals surface area contributed by atoms with Crippen LogP contribution in [0.3, 0.4) is 0 Å². The Morgan fingerprint density at radius 3 is 2.52 bits per heavy atom. The number of piperidine rings is 1. The van der Waals surface area contributed by atoms with E-state index in [2.05, 4.69) is 5.32 Å².